The second kappa shape index (κ2) is 24.8. The number of hydrogen-bond donors (Lipinski definition) is 0. The molecule has 0 amide bonds. The fraction of sp³-hybridized carbons (Fsp3) is 0.625. The molecule has 2 aromatic carbocycles. The number of carbonyl (C=O) groups excluding carboxylic acids is 3. The van der Waals surface area contributed by atoms with E-state index in [0.717, 1.165) is 0 Å². The number of carbonyl (C=O) groups is 3. The first-order valence-electron chi connectivity index (χ1n) is 18.5. The number of aryl methyl sites for hydroxylation is 4. The zero-order valence-electron chi connectivity index (χ0n) is 37.4. The third-order valence-corrected chi connectivity index (χ3v) is 12.4. The fourth-order valence-electron chi connectivity index (χ4n) is 4.94. The van der Waals surface area contributed by atoms with E-state index in [4.69, 9.17) is 28.4 Å². The Balaban J connectivity index is 0.000000941. The molecule has 0 spiro atoms. The monoisotopic (exact) mass is 940 g/mol. The molecular weight excluding hydrogens is 876 g/mol. The van der Waals surface area contributed by atoms with Gasteiger partial charge >= 0.3 is 11.9 Å². The Bertz CT molecular complexity index is 1840. The number of benzene rings is 2. The molecule has 0 aliphatic heterocycles. The minimum atomic E-state index is -3.69. The molecule has 0 heterocycles. The number of halogens is 1. The maximum atomic E-state index is 12.9. The minimum Gasteiger partial charge on any atom is -0.497 e. The van der Waals surface area contributed by atoms with E-state index in [1.807, 2.05) is 20.8 Å². The lowest BCUT2D eigenvalue weighted by molar-refractivity contribution is -0.167. The normalized spacial score (nSPS) is 12.9. The van der Waals surface area contributed by atoms with E-state index < -0.39 is 37.7 Å². The van der Waals surface area contributed by atoms with Gasteiger partial charge in [-0.1, -0.05) is 15.9 Å². The smallest absolute Gasteiger partial charge is 0.335 e. The van der Waals surface area contributed by atoms with Crippen molar-refractivity contribution in [2.24, 2.45) is 0 Å². The van der Waals surface area contributed by atoms with Crippen molar-refractivity contribution in [1.82, 2.24) is 8.61 Å². The molecule has 0 bridgehead atoms. The Labute approximate surface area is 360 Å². The average Bonchev–Trinajstić information content (AvgIpc) is 3.09. The van der Waals surface area contributed by atoms with E-state index in [-0.39, 0.29) is 65.8 Å². The number of methoxy groups -OCH3 is 2. The lowest BCUT2D eigenvalue weighted by atomic mass is 10.1. The van der Waals surface area contributed by atoms with E-state index in [2.05, 4.69) is 20.7 Å². The van der Waals surface area contributed by atoms with Crippen LogP contribution in [-0.4, -0.2) is 127 Å². The number of esters is 2. The van der Waals surface area contributed by atoms with Crippen molar-refractivity contribution in [3.8, 4) is 11.5 Å². The third kappa shape index (κ3) is 19.7. The summed E-state index contributed by atoms with van der Waals surface area (Å²) < 4.78 is 88.9. The highest BCUT2D eigenvalue weighted by Gasteiger charge is 2.28. The summed E-state index contributed by atoms with van der Waals surface area (Å²) in [5.41, 5.74) is 1.49. The van der Waals surface area contributed by atoms with Gasteiger partial charge in [-0.15, -0.1) is 0 Å². The molecule has 0 fully saturated rings. The number of likely N-dealkylation sites (N-methyl/N-ethyl adjacent to an activating group) is 2. The molecule has 0 aliphatic rings. The summed E-state index contributed by atoms with van der Waals surface area (Å²) in [4.78, 5) is 33.1. The first-order chi connectivity index (χ1) is 27.0. The molecule has 0 saturated carbocycles. The maximum absolute atomic E-state index is 12.9. The van der Waals surface area contributed by atoms with Crippen LogP contribution in [0.3, 0.4) is 0 Å². The zero-order chi connectivity index (χ0) is 46.1. The Morgan fingerprint density at radius 3 is 1.36 bits per heavy atom. The number of rotatable bonds is 18. The van der Waals surface area contributed by atoms with Gasteiger partial charge in [0.15, 0.2) is 12.9 Å². The van der Waals surface area contributed by atoms with Gasteiger partial charge in [0.05, 0.1) is 37.2 Å². The van der Waals surface area contributed by atoms with Crippen LogP contribution in [0, 0.1) is 27.7 Å². The van der Waals surface area contributed by atoms with Gasteiger partial charge in [0.1, 0.15) is 27.5 Å². The quantitative estimate of drug-likeness (QED) is 0.0431. The molecule has 16 nitrogen and oxygen atoms in total. The number of nitrogens with zero attached hydrogens (tertiary/aromatic N) is 2. The van der Waals surface area contributed by atoms with Crippen molar-refractivity contribution in [3.63, 3.8) is 0 Å². The second-order valence-electron chi connectivity index (χ2n) is 15.3. The summed E-state index contributed by atoms with van der Waals surface area (Å²) in [6.07, 6.45) is -0.773. The van der Waals surface area contributed by atoms with Gasteiger partial charge in [-0.05, 0) is 130 Å². The Morgan fingerprint density at radius 1 is 0.695 bits per heavy atom. The van der Waals surface area contributed by atoms with Crippen molar-refractivity contribution < 1.29 is 64.4 Å². The first-order valence-corrected chi connectivity index (χ1v) is 22.3. The van der Waals surface area contributed by atoms with Crippen molar-refractivity contribution in [1.29, 1.82) is 0 Å². The summed E-state index contributed by atoms with van der Waals surface area (Å²) in [6.45, 7) is 21.6. The highest BCUT2D eigenvalue weighted by Crippen LogP contribution is 2.29. The van der Waals surface area contributed by atoms with Crippen LogP contribution in [0.2, 0.25) is 0 Å². The van der Waals surface area contributed by atoms with Gasteiger partial charge < -0.3 is 33.2 Å². The van der Waals surface area contributed by atoms with E-state index in [1.54, 1.807) is 86.6 Å². The van der Waals surface area contributed by atoms with E-state index in [1.165, 1.54) is 36.9 Å². The highest BCUT2D eigenvalue weighted by molar-refractivity contribution is 9.10. The van der Waals surface area contributed by atoms with Crippen LogP contribution in [0.15, 0.2) is 34.1 Å². The van der Waals surface area contributed by atoms with Crippen LogP contribution in [-0.2, 0) is 58.1 Å². The Morgan fingerprint density at radius 2 is 1.05 bits per heavy atom. The summed E-state index contributed by atoms with van der Waals surface area (Å²) in [6, 6.07) is 6.74. The standard InChI is InChI=1S/C19H31NO6S.C14H21NO6S.C7H13BrO2/c1-13-11-16(24-8)12-14(2)17(13)27(22,23)20(7)9-10-25-15(3)18(21)26-19(4,5)6;1-11-7-13(19-4)8-12(2)14(11)22(17,18)15(3)5-6-20-10-21-9-16;1-5(8)6(9)10-7(2,3)4/h11-12,15H,9-10H2,1-8H3;7-9H,5-6,10H2,1-4H3;5H,1-4H3. The number of ether oxygens (including phenoxy) is 7. The van der Waals surface area contributed by atoms with Gasteiger partial charge in [-0.25, -0.2) is 21.6 Å². The van der Waals surface area contributed by atoms with Crippen molar-refractivity contribution in [2.75, 3.05) is 61.4 Å². The van der Waals surface area contributed by atoms with Gasteiger partial charge in [-0.2, -0.15) is 8.61 Å². The Kier molecular flexibility index (Phi) is 23.4. The molecule has 2 atom stereocenters. The minimum absolute atomic E-state index is 0.0738. The molecule has 338 valence electrons. The van der Waals surface area contributed by atoms with Crippen LogP contribution >= 0.6 is 15.9 Å². The van der Waals surface area contributed by atoms with Crippen LogP contribution in [0.1, 0.15) is 77.6 Å². The number of hydrogen-bond acceptors (Lipinski definition) is 14. The SMILES string of the molecule is CC(Br)C(=O)OC(C)(C)C.COc1cc(C)c(S(=O)(=O)N(C)CCOC(C)C(=O)OC(C)(C)C)c(C)c1.COc1cc(C)c(S(=O)(=O)N(C)CCOCOC=O)c(C)c1. The van der Waals surface area contributed by atoms with Crippen molar-refractivity contribution in [3.05, 3.63) is 46.5 Å². The van der Waals surface area contributed by atoms with Crippen LogP contribution in [0.25, 0.3) is 0 Å². The predicted molar refractivity (Wildman–Crippen MR) is 228 cm³/mol. The number of alkyl halides is 1. The summed E-state index contributed by atoms with van der Waals surface area (Å²) >= 11 is 3.12. The molecule has 0 aromatic heterocycles. The molecule has 0 N–H and O–H groups in total. The predicted octanol–water partition coefficient (Wildman–Crippen LogP) is 5.87. The largest absolute Gasteiger partial charge is 0.497 e. The molecular formula is C40H65BrN2O14S2. The van der Waals surface area contributed by atoms with Gasteiger partial charge in [0, 0.05) is 27.2 Å². The summed E-state index contributed by atoms with van der Waals surface area (Å²) in [5, 5.41) is 0. The van der Waals surface area contributed by atoms with E-state index in [9.17, 15) is 31.2 Å². The van der Waals surface area contributed by atoms with Gasteiger partial charge in [-0.3, -0.25) is 9.59 Å². The highest BCUT2D eigenvalue weighted by atomic mass is 79.9. The number of sulfonamides is 2. The van der Waals surface area contributed by atoms with Crippen LogP contribution in [0.5, 0.6) is 11.5 Å². The van der Waals surface area contributed by atoms with E-state index in [0.29, 0.717) is 33.8 Å². The van der Waals surface area contributed by atoms with Gasteiger partial charge in [0.2, 0.25) is 20.0 Å². The summed E-state index contributed by atoms with van der Waals surface area (Å²) in [7, 11) is -1.29. The zero-order valence-corrected chi connectivity index (χ0v) is 40.6. The lowest BCUT2D eigenvalue weighted by Gasteiger charge is -2.23. The van der Waals surface area contributed by atoms with Crippen molar-refractivity contribution in [2.45, 2.75) is 115 Å². The molecule has 0 saturated heterocycles. The Hall–Kier alpha value is -3.33. The van der Waals surface area contributed by atoms with Crippen LogP contribution < -0.4 is 9.47 Å². The van der Waals surface area contributed by atoms with Crippen LogP contribution in [0.4, 0.5) is 0 Å². The maximum Gasteiger partial charge on any atom is 0.335 e. The molecule has 19 heteroatoms. The first kappa shape index (κ1) is 55.7. The fourth-order valence-corrected chi connectivity index (χ4v) is 8.15. The molecule has 2 unspecified atom stereocenters. The molecule has 59 heavy (non-hydrogen) atoms. The lowest BCUT2D eigenvalue weighted by Crippen LogP contribution is -2.35. The molecule has 2 aromatic rings. The van der Waals surface area contributed by atoms with Crippen molar-refractivity contribution >= 4 is 54.4 Å². The summed E-state index contributed by atoms with van der Waals surface area (Å²) in [5.74, 6) is 0.537. The second-order valence-corrected chi connectivity index (χ2v) is 20.7. The molecule has 2 rings (SSSR count). The topological polar surface area (TPSA) is 191 Å². The molecule has 0 radical (unpaired) electrons. The van der Waals surface area contributed by atoms with Gasteiger partial charge in [0.25, 0.3) is 6.47 Å². The molecule has 0 aliphatic carbocycles. The third-order valence-electron chi connectivity index (χ3n) is 7.69. The van der Waals surface area contributed by atoms with E-state index >= 15 is 0 Å². The average molecular weight is 942 g/mol.